The van der Waals surface area contributed by atoms with Crippen molar-refractivity contribution in [1.29, 1.82) is 0 Å². The van der Waals surface area contributed by atoms with E-state index in [9.17, 15) is 17.6 Å². The number of alkyl halides is 2. The molecule has 0 bridgehead atoms. The summed E-state index contributed by atoms with van der Waals surface area (Å²) in [5.74, 6) is -2.33. The van der Waals surface area contributed by atoms with E-state index in [1.165, 1.54) is 0 Å². The Morgan fingerprint density at radius 1 is 1.05 bits per heavy atom. The van der Waals surface area contributed by atoms with Crippen molar-refractivity contribution in [3.8, 4) is 0 Å². The van der Waals surface area contributed by atoms with Crippen molar-refractivity contribution in [2.24, 2.45) is 0 Å². The van der Waals surface area contributed by atoms with Crippen molar-refractivity contribution in [2.45, 2.75) is 24.6 Å². The highest BCUT2D eigenvalue weighted by molar-refractivity contribution is 7.98. The summed E-state index contributed by atoms with van der Waals surface area (Å²) in [5, 5.41) is 2.91. The van der Waals surface area contributed by atoms with Crippen molar-refractivity contribution in [2.75, 3.05) is 0 Å². The summed E-state index contributed by atoms with van der Waals surface area (Å²) in [6.07, 6.45) is 0. The molecule has 0 saturated carbocycles. The molecule has 7 heteroatoms. The molecule has 1 aromatic heterocycles. The Bertz CT molecular complexity index is 588. The van der Waals surface area contributed by atoms with Gasteiger partial charge in [-0.1, -0.05) is 11.8 Å². The number of nitrogens with one attached hydrogen (secondary N) is 1. The van der Waals surface area contributed by atoms with Gasteiger partial charge in [-0.2, -0.15) is 8.78 Å². The van der Waals surface area contributed by atoms with E-state index in [2.05, 4.69) is 5.32 Å². The van der Waals surface area contributed by atoms with Gasteiger partial charge in [0.05, 0.1) is 12.3 Å². The predicted octanol–water partition coefficient (Wildman–Crippen LogP) is 4.30. The zero-order chi connectivity index (χ0) is 15.2. The molecule has 2 aromatic rings. The molecule has 0 radical (unpaired) electrons. The van der Waals surface area contributed by atoms with Crippen molar-refractivity contribution in [1.82, 2.24) is 5.32 Å². The lowest BCUT2D eigenvalue weighted by atomic mass is 10.2. The van der Waals surface area contributed by atoms with Gasteiger partial charge in [0.1, 0.15) is 23.2 Å². The number of rotatable bonds is 7. The summed E-state index contributed by atoms with van der Waals surface area (Å²) in [7, 11) is 0. The standard InChI is InChI=1S/C14H13F4NOS/c15-10-1-4-13(16)9(5-10)6-19-7-11-2-3-12(20-11)8-21-14(17)18/h1-5,14,19H,6-8H2. The van der Waals surface area contributed by atoms with Crippen LogP contribution in [-0.2, 0) is 18.8 Å². The molecule has 2 nitrogen and oxygen atoms in total. The van der Waals surface area contributed by atoms with Gasteiger partial charge in [-0.05, 0) is 30.3 Å². The SMILES string of the molecule is Fc1ccc(F)c(CNCc2ccc(CSC(F)F)o2)c1. The minimum Gasteiger partial charge on any atom is -0.464 e. The highest BCUT2D eigenvalue weighted by Crippen LogP contribution is 2.21. The van der Waals surface area contributed by atoms with E-state index in [0.29, 0.717) is 29.8 Å². The first kappa shape index (κ1) is 15.9. The summed E-state index contributed by atoms with van der Waals surface area (Å²) in [6, 6.07) is 6.53. The Hall–Kier alpha value is -1.47. The molecule has 0 aliphatic carbocycles. The molecular weight excluding hydrogens is 306 g/mol. The summed E-state index contributed by atoms with van der Waals surface area (Å²) in [6.45, 7) is 0.445. The first-order valence-electron chi connectivity index (χ1n) is 6.16. The Morgan fingerprint density at radius 3 is 2.57 bits per heavy atom. The third kappa shape index (κ3) is 5.09. The van der Waals surface area contributed by atoms with Crippen LogP contribution < -0.4 is 5.32 Å². The maximum absolute atomic E-state index is 13.4. The van der Waals surface area contributed by atoms with Gasteiger partial charge in [0.2, 0.25) is 0 Å². The van der Waals surface area contributed by atoms with Gasteiger partial charge in [0.15, 0.2) is 0 Å². The van der Waals surface area contributed by atoms with Crippen LogP contribution in [0.5, 0.6) is 0 Å². The van der Waals surface area contributed by atoms with Crippen LogP contribution in [0.3, 0.4) is 0 Å². The number of thioether (sulfide) groups is 1. The molecule has 0 unspecified atom stereocenters. The second-order valence-corrected chi connectivity index (χ2v) is 5.26. The fraction of sp³-hybridized carbons (Fsp3) is 0.286. The van der Waals surface area contributed by atoms with Crippen LogP contribution in [0.1, 0.15) is 17.1 Å². The minimum absolute atomic E-state index is 0.0934. The van der Waals surface area contributed by atoms with Crippen molar-refractivity contribution in [3.63, 3.8) is 0 Å². The van der Waals surface area contributed by atoms with Crippen molar-refractivity contribution >= 4 is 11.8 Å². The predicted molar refractivity (Wildman–Crippen MR) is 72.9 cm³/mol. The second-order valence-electron chi connectivity index (χ2n) is 4.28. The van der Waals surface area contributed by atoms with Crippen LogP contribution in [0, 0.1) is 11.6 Å². The maximum atomic E-state index is 13.4. The highest BCUT2D eigenvalue weighted by atomic mass is 32.2. The van der Waals surface area contributed by atoms with Gasteiger partial charge >= 0.3 is 0 Å². The topological polar surface area (TPSA) is 25.2 Å². The molecule has 0 atom stereocenters. The van der Waals surface area contributed by atoms with Crippen molar-refractivity contribution in [3.05, 3.63) is 59.1 Å². The molecule has 0 aliphatic rings. The number of furan rings is 1. The van der Waals surface area contributed by atoms with Crippen LogP contribution in [0.4, 0.5) is 17.6 Å². The largest absolute Gasteiger partial charge is 0.464 e. The number of halogens is 4. The lowest BCUT2D eigenvalue weighted by Crippen LogP contribution is -2.13. The lowest BCUT2D eigenvalue weighted by molar-refractivity contribution is 0.251. The van der Waals surface area contributed by atoms with Gasteiger partial charge in [-0.15, -0.1) is 0 Å². The first-order chi connectivity index (χ1) is 10.0. The van der Waals surface area contributed by atoms with E-state index >= 15 is 0 Å². The molecule has 114 valence electrons. The Morgan fingerprint density at radius 2 is 1.81 bits per heavy atom. The molecular formula is C14H13F4NOS. The lowest BCUT2D eigenvalue weighted by Gasteiger charge is -2.05. The minimum atomic E-state index is -2.44. The fourth-order valence-electron chi connectivity index (χ4n) is 1.74. The molecule has 1 aromatic carbocycles. The molecule has 0 amide bonds. The van der Waals surface area contributed by atoms with Crippen LogP contribution in [0.15, 0.2) is 34.7 Å². The van der Waals surface area contributed by atoms with Crippen LogP contribution in [0.2, 0.25) is 0 Å². The summed E-state index contributed by atoms with van der Waals surface area (Å²) >= 11 is 0.483. The van der Waals surface area contributed by atoms with Crippen molar-refractivity contribution < 1.29 is 22.0 Å². The summed E-state index contributed by atoms with van der Waals surface area (Å²) in [4.78, 5) is 0. The molecule has 21 heavy (non-hydrogen) atoms. The van der Waals surface area contributed by atoms with Gasteiger partial charge < -0.3 is 9.73 Å². The summed E-state index contributed by atoms with van der Waals surface area (Å²) in [5.41, 5.74) is 0.218. The molecule has 0 aliphatic heterocycles. The van der Waals surface area contributed by atoms with E-state index in [1.54, 1.807) is 12.1 Å². The molecule has 1 heterocycles. The van der Waals surface area contributed by atoms with E-state index < -0.39 is 17.4 Å². The average molecular weight is 319 g/mol. The number of benzene rings is 1. The maximum Gasteiger partial charge on any atom is 0.284 e. The van der Waals surface area contributed by atoms with Gasteiger partial charge in [-0.3, -0.25) is 0 Å². The van der Waals surface area contributed by atoms with Gasteiger partial charge in [-0.25, -0.2) is 8.78 Å². The first-order valence-corrected chi connectivity index (χ1v) is 7.21. The van der Waals surface area contributed by atoms with E-state index in [4.69, 9.17) is 4.42 Å². The van der Waals surface area contributed by atoms with E-state index in [1.807, 2.05) is 0 Å². The quantitative estimate of drug-likeness (QED) is 0.770. The number of hydrogen-bond acceptors (Lipinski definition) is 3. The Labute approximate surface area is 123 Å². The van der Waals surface area contributed by atoms with Crippen LogP contribution >= 0.6 is 11.8 Å². The smallest absolute Gasteiger partial charge is 0.284 e. The molecule has 1 N–H and O–H groups in total. The second kappa shape index (κ2) is 7.51. The van der Waals surface area contributed by atoms with Gasteiger partial charge in [0, 0.05) is 12.1 Å². The molecule has 2 rings (SSSR count). The van der Waals surface area contributed by atoms with E-state index in [-0.39, 0.29) is 17.9 Å². The molecule has 0 spiro atoms. The molecule has 0 fully saturated rings. The number of hydrogen-bond donors (Lipinski definition) is 1. The Balaban J connectivity index is 1.82. The third-order valence-corrected chi connectivity index (χ3v) is 3.39. The average Bonchev–Trinajstić information content (AvgIpc) is 2.88. The third-order valence-electron chi connectivity index (χ3n) is 2.69. The molecule has 0 saturated heterocycles. The zero-order valence-corrected chi connectivity index (χ0v) is 11.7. The monoisotopic (exact) mass is 319 g/mol. The van der Waals surface area contributed by atoms with Crippen LogP contribution in [0.25, 0.3) is 0 Å². The van der Waals surface area contributed by atoms with Gasteiger partial charge in [0.25, 0.3) is 5.76 Å². The highest BCUT2D eigenvalue weighted by Gasteiger charge is 2.08. The summed E-state index contributed by atoms with van der Waals surface area (Å²) < 4.78 is 55.7. The normalized spacial score (nSPS) is 11.3. The van der Waals surface area contributed by atoms with Crippen LogP contribution in [-0.4, -0.2) is 5.76 Å². The fourth-order valence-corrected chi connectivity index (χ4v) is 2.18. The zero-order valence-electron chi connectivity index (χ0n) is 10.9. The Kier molecular flexibility index (Phi) is 5.69. The van der Waals surface area contributed by atoms with E-state index in [0.717, 1.165) is 18.2 Å².